The van der Waals surface area contributed by atoms with Gasteiger partial charge in [-0.25, -0.2) is 0 Å². The maximum Gasteiger partial charge on any atom is 0.317 e. The number of ether oxygens (including phenoxy) is 7. The molecule has 0 aromatic carbocycles. The monoisotopic (exact) mass is 654 g/mol. The predicted octanol–water partition coefficient (Wildman–Crippen LogP) is 2.27. The molecule has 5 aliphatic rings. The zero-order valence-electron chi connectivity index (χ0n) is 26.1. The number of esters is 3. The molecule has 45 heavy (non-hydrogen) atoms. The number of hydrogen-bond acceptors (Lipinski definition) is 12. The van der Waals surface area contributed by atoms with Gasteiger partial charge in [0.15, 0.2) is 5.79 Å². The second-order valence-electron chi connectivity index (χ2n) is 12.7. The van der Waals surface area contributed by atoms with Gasteiger partial charge >= 0.3 is 17.9 Å². The zero-order chi connectivity index (χ0) is 32.7. The van der Waals surface area contributed by atoms with E-state index in [1.807, 2.05) is 6.92 Å². The van der Waals surface area contributed by atoms with Crippen molar-refractivity contribution in [3.8, 4) is 0 Å². The van der Waals surface area contributed by atoms with E-state index in [0.29, 0.717) is 16.7 Å². The van der Waals surface area contributed by atoms with E-state index in [0.717, 1.165) is 0 Å². The van der Waals surface area contributed by atoms with Gasteiger partial charge < -0.3 is 43.4 Å². The molecule has 0 saturated carbocycles. The van der Waals surface area contributed by atoms with Crippen molar-refractivity contribution in [2.75, 3.05) is 26.9 Å². The Labute approximate surface area is 267 Å². The normalized spacial score (nSPS) is 43.0. The Morgan fingerprint density at radius 2 is 1.89 bits per heavy atom. The minimum absolute atomic E-state index is 0.0395. The second kappa shape index (κ2) is 13.4. The molecule has 1 unspecified atom stereocenters. The van der Waals surface area contributed by atoms with E-state index in [2.05, 4.69) is 6.58 Å². The van der Waals surface area contributed by atoms with Crippen LogP contribution in [0.5, 0.6) is 0 Å². The third-order valence-electron chi connectivity index (χ3n) is 9.62. The highest BCUT2D eigenvalue weighted by atomic mass is 35.5. The lowest BCUT2D eigenvalue weighted by atomic mass is 9.71. The third-order valence-corrected chi connectivity index (χ3v) is 9.90. The maximum atomic E-state index is 14.0. The molecule has 2 bridgehead atoms. The largest absolute Gasteiger partial charge is 0.465 e. The molecule has 4 aliphatic heterocycles. The van der Waals surface area contributed by atoms with Crippen molar-refractivity contribution < 1.29 is 57.8 Å². The van der Waals surface area contributed by atoms with Crippen molar-refractivity contribution in [1.29, 1.82) is 0 Å². The molecule has 2 N–H and O–H groups in total. The number of aliphatic hydroxyl groups excluding tert-OH is 1. The average Bonchev–Trinajstić information content (AvgIpc) is 3.30. The van der Waals surface area contributed by atoms with Crippen LogP contribution >= 0.6 is 11.6 Å². The summed E-state index contributed by atoms with van der Waals surface area (Å²) < 4.78 is 41.2. The number of cyclic esters (lactones) is 2. The number of halogens is 1. The van der Waals surface area contributed by atoms with Crippen molar-refractivity contribution in [3.05, 3.63) is 35.5 Å². The number of hydrogen-bond donors (Lipinski definition) is 2. The fourth-order valence-electron chi connectivity index (χ4n) is 7.13. The molecule has 11 atom stereocenters. The van der Waals surface area contributed by atoms with E-state index in [1.165, 1.54) is 13.2 Å². The SMILES string of the molecule is C=C(C(C)Cl)[C@H]1O[C@@]2(C[C@@H]3C[C@@H](CCOC(=O)CC(=O)OC/C=C4\CO[C@@H]5[C@H](OC)C(C)=C[C@@H](C(=O)O3)[C@]45O)O2)C[C@H](O)[C@@H]1C. The highest BCUT2D eigenvalue weighted by Gasteiger charge is 2.61. The van der Waals surface area contributed by atoms with Gasteiger partial charge in [0, 0.05) is 38.7 Å². The van der Waals surface area contributed by atoms with Crippen LogP contribution in [0.25, 0.3) is 0 Å². The van der Waals surface area contributed by atoms with Crippen LogP contribution in [-0.2, 0) is 47.5 Å². The summed E-state index contributed by atoms with van der Waals surface area (Å²) in [6.45, 7) is 9.13. The van der Waals surface area contributed by atoms with E-state index in [1.54, 1.807) is 19.9 Å². The molecule has 12 nitrogen and oxygen atoms in total. The van der Waals surface area contributed by atoms with Gasteiger partial charge in [0.2, 0.25) is 0 Å². The number of carbonyl (C=O) groups is 3. The van der Waals surface area contributed by atoms with Crippen LogP contribution < -0.4 is 0 Å². The summed E-state index contributed by atoms with van der Waals surface area (Å²) in [5.41, 5.74) is -0.262. The Morgan fingerprint density at radius 3 is 2.60 bits per heavy atom. The standard InChI is InChI=1S/C32H43ClO12/c1-16-10-23-30(37)43-22-11-21(44-31(13-22)14-24(34)18(3)28(45-31)17(2)19(4)33)7-9-41-26(36)12-25(35)40-8-6-20-15-42-29(27(16)39-5)32(20,23)38/h6,10,18-19,21-24,27-29,34,38H,2,7-9,11-15H2,1,3-5H3/b20-6+/t18-,19?,21+,22-,23-,24-,27+,28+,29+,31-,32+/m0/s1. The smallest absolute Gasteiger partial charge is 0.317 e. The minimum atomic E-state index is -1.86. The predicted molar refractivity (Wildman–Crippen MR) is 158 cm³/mol. The summed E-state index contributed by atoms with van der Waals surface area (Å²) in [5, 5.41) is 22.9. The molecule has 1 aliphatic carbocycles. The van der Waals surface area contributed by atoms with Crippen LogP contribution in [0.15, 0.2) is 35.5 Å². The maximum absolute atomic E-state index is 14.0. The quantitative estimate of drug-likeness (QED) is 0.151. The first-order valence-corrected chi connectivity index (χ1v) is 15.8. The van der Waals surface area contributed by atoms with Gasteiger partial charge in [-0.2, -0.15) is 0 Å². The molecule has 13 heteroatoms. The van der Waals surface area contributed by atoms with Crippen LogP contribution in [0.4, 0.5) is 0 Å². The highest BCUT2D eigenvalue weighted by Crippen LogP contribution is 2.48. The summed E-state index contributed by atoms with van der Waals surface area (Å²) >= 11 is 6.36. The molecule has 0 aromatic heterocycles. The Hall–Kier alpha value is -2.32. The molecule has 4 heterocycles. The van der Waals surface area contributed by atoms with E-state index >= 15 is 0 Å². The summed E-state index contributed by atoms with van der Waals surface area (Å²) in [4.78, 5) is 38.7. The fraction of sp³-hybridized carbons (Fsp3) is 0.719. The van der Waals surface area contributed by atoms with Crippen LogP contribution in [0.2, 0.25) is 0 Å². The summed E-state index contributed by atoms with van der Waals surface area (Å²) in [6.07, 6.45) is -1.28. The van der Waals surface area contributed by atoms with E-state index in [4.69, 9.17) is 44.8 Å². The van der Waals surface area contributed by atoms with Gasteiger partial charge in [0.25, 0.3) is 0 Å². The topological polar surface area (TPSA) is 156 Å². The van der Waals surface area contributed by atoms with Crippen LogP contribution in [0.3, 0.4) is 0 Å². The first-order valence-electron chi connectivity index (χ1n) is 15.4. The number of aliphatic hydroxyl groups is 2. The Bertz CT molecular complexity index is 1250. The fourth-order valence-corrected chi connectivity index (χ4v) is 7.25. The average molecular weight is 655 g/mol. The van der Waals surface area contributed by atoms with Gasteiger partial charge in [-0.15, -0.1) is 11.6 Å². The molecule has 0 radical (unpaired) electrons. The molecular formula is C32H43ClO12. The summed E-state index contributed by atoms with van der Waals surface area (Å²) in [7, 11) is 1.49. The lowest BCUT2D eigenvalue weighted by Gasteiger charge is -2.51. The number of alkyl halides is 1. The molecule has 3 fully saturated rings. The molecule has 5 rings (SSSR count). The van der Waals surface area contributed by atoms with E-state index < -0.39 is 83.6 Å². The van der Waals surface area contributed by atoms with Crippen molar-refractivity contribution >= 4 is 29.5 Å². The van der Waals surface area contributed by atoms with Gasteiger partial charge in [-0.05, 0) is 36.6 Å². The van der Waals surface area contributed by atoms with Crippen LogP contribution in [-0.4, -0.2) is 108 Å². The second-order valence-corrected chi connectivity index (χ2v) is 13.4. The third kappa shape index (κ3) is 6.74. The lowest BCUT2D eigenvalue weighted by molar-refractivity contribution is -0.344. The van der Waals surface area contributed by atoms with Crippen LogP contribution in [0.1, 0.15) is 52.9 Å². The Kier molecular flexibility index (Phi) is 10.2. The molecule has 250 valence electrons. The first kappa shape index (κ1) is 34.0. The van der Waals surface area contributed by atoms with Crippen molar-refractivity contribution in [2.45, 2.75) is 106 Å². The molecule has 1 spiro atoms. The molecule has 0 amide bonds. The number of rotatable bonds is 3. The van der Waals surface area contributed by atoms with E-state index in [9.17, 15) is 24.6 Å². The molecular weight excluding hydrogens is 612 g/mol. The Balaban J connectivity index is 1.50. The first-order chi connectivity index (χ1) is 21.3. The van der Waals surface area contributed by atoms with Gasteiger partial charge in [-0.3, -0.25) is 14.4 Å². The van der Waals surface area contributed by atoms with Crippen molar-refractivity contribution in [1.82, 2.24) is 0 Å². The van der Waals surface area contributed by atoms with Crippen LogP contribution in [0, 0.1) is 11.8 Å². The van der Waals surface area contributed by atoms with Crippen molar-refractivity contribution in [3.63, 3.8) is 0 Å². The number of fused-ring (bicyclic) bond motifs is 2. The van der Waals surface area contributed by atoms with E-state index in [-0.39, 0.29) is 51.4 Å². The van der Waals surface area contributed by atoms with Gasteiger partial charge in [0.1, 0.15) is 42.9 Å². The van der Waals surface area contributed by atoms with Gasteiger partial charge in [0.05, 0.1) is 36.9 Å². The summed E-state index contributed by atoms with van der Waals surface area (Å²) in [5.74, 6) is -5.13. The van der Waals surface area contributed by atoms with Crippen molar-refractivity contribution in [2.24, 2.45) is 11.8 Å². The lowest BCUT2D eigenvalue weighted by Crippen LogP contribution is -2.60. The zero-order valence-corrected chi connectivity index (χ0v) is 26.8. The summed E-state index contributed by atoms with van der Waals surface area (Å²) in [6, 6.07) is 0. The van der Waals surface area contributed by atoms with Gasteiger partial charge in [-0.1, -0.05) is 19.6 Å². The molecule has 3 saturated heterocycles. The molecule has 0 aromatic rings. The minimum Gasteiger partial charge on any atom is -0.465 e. The number of carbonyl (C=O) groups excluding carboxylic acids is 3. The number of methoxy groups -OCH3 is 1. The highest BCUT2D eigenvalue weighted by molar-refractivity contribution is 6.22. The Morgan fingerprint density at radius 1 is 1.16 bits per heavy atom.